The van der Waals surface area contributed by atoms with Crippen molar-refractivity contribution in [2.75, 3.05) is 13.7 Å². The van der Waals surface area contributed by atoms with Crippen LogP contribution in [0, 0.1) is 5.92 Å². The Labute approximate surface area is 274 Å². The maximum absolute atomic E-state index is 13.9. The summed E-state index contributed by atoms with van der Waals surface area (Å²) in [5.41, 5.74) is 12.2. The van der Waals surface area contributed by atoms with E-state index in [0.717, 1.165) is 10.7 Å². The van der Waals surface area contributed by atoms with Gasteiger partial charge >= 0.3 is 0 Å². The van der Waals surface area contributed by atoms with Crippen LogP contribution in [0.15, 0.2) is 53.7 Å². The smallest absolute Gasteiger partial charge is 0.259 e. The number of benzene rings is 1. The Balaban J connectivity index is 1.55. The summed E-state index contributed by atoms with van der Waals surface area (Å²) >= 11 is 0. The number of allylic oxidation sites excluding steroid dienone is 2. The third kappa shape index (κ3) is 8.36. The molecule has 3 fully saturated rings. The van der Waals surface area contributed by atoms with E-state index in [4.69, 9.17) is 22.0 Å². The number of amidine groups is 1. The van der Waals surface area contributed by atoms with Gasteiger partial charge in [0.05, 0.1) is 24.4 Å². The summed E-state index contributed by atoms with van der Waals surface area (Å²) in [4.78, 5) is 54.3. The van der Waals surface area contributed by atoms with E-state index in [1.165, 1.54) is 24.2 Å². The Morgan fingerprint density at radius 1 is 1.21 bits per heavy atom. The van der Waals surface area contributed by atoms with Crippen molar-refractivity contribution in [1.82, 2.24) is 20.1 Å². The molecule has 2 saturated carbocycles. The minimum Gasteiger partial charge on any atom is -0.497 e. The van der Waals surface area contributed by atoms with Gasteiger partial charge in [0.15, 0.2) is 11.6 Å². The van der Waals surface area contributed by atoms with Crippen LogP contribution in [0.2, 0.25) is 0 Å². The van der Waals surface area contributed by atoms with Crippen LogP contribution in [0.3, 0.4) is 0 Å². The second-order valence-electron chi connectivity index (χ2n) is 12.5. The Morgan fingerprint density at radius 2 is 1.87 bits per heavy atom. The third-order valence-corrected chi connectivity index (χ3v) is 10.4. The van der Waals surface area contributed by atoms with Crippen molar-refractivity contribution in [2.45, 2.75) is 81.3 Å². The molecule has 256 valence electrons. The minimum atomic E-state index is -3.89. The summed E-state index contributed by atoms with van der Waals surface area (Å²) in [6.07, 6.45) is 4.04. The summed E-state index contributed by atoms with van der Waals surface area (Å²) in [7, 11) is -2.35. The number of amides is 3. The van der Waals surface area contributed by atoms with Crippen LogP contribution in [0.4, 0.5) is 0 Å². The number of nitrogens with one attached hydrogen (secondary N) is 2. The molecule has 1 heterocycles. The molecule has 4 rings (SSSR count). The highest BCUT2D eigenvalue weighted by molar-refractivity contribution is 7.91. The average molecular weight is 673 g/mol. The first kappa shape index (κ1) is 35.6. The molecule has 1 aromatic carbocycles. The van der Waals surface area contributed by atoms with E-state index < -0.39 is 62.6 Å². The fourth-order valence-electron chi connectivity index (χ4n) is 5.57. The van der Waals surface area contributed by atoms with Gasteiger partial charge in [-0.3, -0.25) is 23.9 Å². The van der Waals surface area contributed by atoms with Crippen molar-refractivity contribution in [3.8, 4) is 5.75 Å². The van der Waals surface area contributed by atoms with Crippen molar-refractivity contribution < 1.29 is 32.3 Å². The van der Waals surface area contributed by atoms with Crippen LogP contribution in [-0.4, -0.2) is 90.3 Å². The summed E-state index contributed by atoms with van der Waals surface area (Å²) in [6, 6.07) is 3.85. The molecule has 8 N–H and O–H groups in total. The SMILES string of the molecule is C=C[C@H]1CC1(NC(=O)[C@@H]1C[C@@H](N(N)/N=C(\N)c2ccc(OC)cc2)CN1C(=O)C(N)CCC(=O)C=C(C)C)C(=O)NS(=O)(=O)C1CC1. The van der Waals surface area contributed by atoms with E-state index >= 15 is 0 Å². The highest BCUT2D eigenvalue weighted by Crippen LogP contribution is 2.45. The largest absolute Gasteiger partial charge is 0.497 e. The first-order valence-corrected chi connectivity index (χ1v) is 16.9. The van der Waals surface area contributed by atoms with Gasteiger partial charge in [-0.15, -0.1) is 11.7 Å². The first-order valence-electron chi connectivity index (χ1n) is 15.4. The molecule has 5 atom stereocenters. The Hall–Kier alpha value is -4.28. The molecule has 16 heteroatoms. The quantitative estimate of drug-likeness (QED) is 0.0408. The molecule has 2 unspecified atom stereocenters. The molecule has 3 aliphatic rings. The maximum atomic E-state index is 13.9. The molecular formula is C31H44N8O7S. The normalized spacial score (nSPS) is 24.5. The van der Waals surface area contributed by atoms with E-state index in [-0.39, 0.29) is 43.8 Å². The van der Waals surface area contributed by atoms with E-state index in [0.29, 0.717) is 24.2 Å². The molecule has 1 saturated heterocycles. The zero-order valence-corrected chi connectivity index (χ0v) is 27.7. The van der Waals surface area contributed by atoms with Crippen molar-refractivity contribution >= 4 is 39.4 Å². The molecule has 15 nitrogen and oxygen atoms in total. The number of hydrogen-bond acceptors (Lipinski definition) is 11. The molecule has 0 bridgehead atoms. The predicted octanol–water partition coefficient (Wildman–Crippen LogP) is -0.227. The van der Waals surface area contributed by atoms with Crippen LogP contribution in [0.5, 0.6) is 5.75 Å². The van der Waals surface area contributed by atoms with Crippen LogP contribution in [0.1, 0.15) is 57.9 Å². The van der Waals surface area contributed by atoms with Crippen molar-refractivity contribution in [3.05, 3.63) is 54.1 Å². The van der Waals surface area contributed by atoms with E-state index in [9.17, 15) is 27.6 Å². The lowest BCUT2D eigenvalue weighted by Gasteiger charge is -2.28. The van der Waals surface area contributed by atoms with Crippen molar-refractivity contribution in [3.63, 3.8) is 0 Å². The number of hydrazone groups is 1. The lowest BCUT2D eigenvalue weighted by atomic mass is 10.1. The zero-order chi connectivity index (χ0) is 34.7. The van der Waals surface area contributed by atoms with Gasteiger partial charge in [-0.05, 0) is 69.9 Å². The first-order chi connectivity index (χ1) is 22.1. The highest BCUT2D eigenvalue weighted by atomic mass is 32.2. The number of hydrazine groups is 1. The number of ketones is 1. The van der Waals surface area contributed by atoms with Gasteiger partial charge in [0, 0.05) is 30.9 Å². The molecule has 0 spiro atoms. The van der Waals surface area contributed by atoms with Gasteiger partial charge in [0.2, 0.25) is 21.8 Å². The second-order valence-corrected chi connectivity index (χ2v) is 14.5. The van der Waals surface area contributed by atoms with E-state index in [1.807, 2.05) is 0 Å². The zero-order valence-electron chi connectivity index (χ0n) is 26.8. The van der Waals surface area contributed by atoms with E-state index in [2.05, 4.69) is 21.7 Å². The number of methoxy groups -OCH3 is 1. The molecule has 47 heavy (non-hydrogen) atoms. The number of rotatable bonds is 15. The molecular weight excluding hydrogens is 628 g/mol. The second kappa shape index (κ2) is 14.2. The predicted molar refractivity (Wildman–Crippen MR) is 175 cm³/mol. The van der Waals surface area contributed by atoms with Gasteiger partial charge in [-0.1, -0.05) is 11.6 Å². The molecule has 2 aliphatic carbocycles. The summed E-state index contributed by atoms with van der Waals surface area (Å²) in [5.74, 6) is 4.14. The minimum absolute atomic E-state index is 0.00624. The van der Waals surface area contributed by atoms with Gasteiger partial charge in [0.25, 0.3) is 5.91 Å². The number of nitrogens with zero attached hydrogens (tertiary/aromatic N) is 3. The number of nitrogens with two attached hydrogens (primary N) is 3. The van der Waals surface area contributed by atoms with Crippen molar-refractivity contribution in [2.24, 2.45) is 28.3 Å². The van der Waals surface area contributed by atoms with Crippen LogP contribution < -0.4 is 32.1 Å². The number of ether oxygens (including phenoxy) is 1. The molecule has 0 radical (unpaired) electrons. The summed E-state index contributed by atoms with van der Waals surface area (Å²) in [6.45, 7) is 7.21. The van der Waals surface area contributed by atoms with Crippen LogP contribution in [-0.2, 0) is 29.2 Å². The topological polar surface area (TPSA) is 233 Å². The lowest BCUT2D eigenvalue weighted by Crippen LogP contribution is -2.57. The van der Waals surface area contributed by atoms with Gasteiger partial charge in [0.1, 0.15) is 17.3 Å². The number of sulfonamides is 1. The van der Waals surface area contributed by atoms with E-state index in [1.54, 1.807) is 38.1 Å². The van der Waals surface area contributed by atoms with Gasteiger partial charge in [-0.25, -0.2) is 19.4 Å². The van der Waals surface area contributed by atoms with Crippen LogP contribution >= 0.6 is 0 Å². The average Bonchev–Trinajstić information content (AvgIpc) is 3.95. The monoisotopic (exact) mass is 672 g/mol. The van der Waals surface area contributed by atoms with Gasteiger partial charge < -0.3 is 26.4 Å². The van der Waals surface area contributed by atoms with Crippen molar-refractivity contribution in [1.29, 1.82) is 0 Å². The lowest BCUT2D eigenvalue weighted by molar-refractivity contribution is -0.140. The number of carbonyl (C=O) groups excluding carboxylic acids is 4. The fourth-order valence-corrected chi connectivity index (χ4v) is 6.93. The highest BCUT2D eigenvalue weighted by Gasteiger charge is 2.62. The third-order valence-electron chi connectivity index (χ3n) is 8.57. The summed E-state index contributed by atoms with van der Waals surface area (Å²) in [5, 5.41) is 7.42. The molecule has 1 aliphatic heterocycles. The molecule has 1 aromatic rings. The Kier molecular flexibility index (Phi) is 10.8. The Bertz CT molecular complexity index is 1570. The molecule has 3 amide bonds. The van der Waals surface area contributed by atoms with Crippen LogP contribution in [0.25, 0.3) is 0 Å². The standard InChI is InChI=1S/C31H44N8O7S/c1-5-20-16-31(20,30(43)37-47(44,45)24-11-12-24)35-28(41)26-15-21(39(34)36-27(33)19-6-9-23(46-4)10-7-19)17-38(26)29(42)25(32)13-8-22(40)14-18(2)3/h5-7,9-10,14,20-21,24-26H,1,8,11-13,15-17,32,34H2,2-4H3,(H2,33,36)(H,35,41)(H,37,43)/t20-,21+,25?,26-,31?/m0/s1. The Morgan fingerprint density at radius 3 is 2.43 bits per heavy atom. The molecule has 0 aromatic heterocycles. The number of hydrogen-bond donors (Lipinski definition) is 5. The fraction of sp³-hybridized carbons (Fsp3) is 0.516. The number of likely N-dealkylation sites (tertiary alicyclic amines) is 1. The summed E-state index contributed by atoms with van der Waals surface area (Å²) < 4.78 is 32.3. The number of carbonyl (C=O) groups is 4. The maximum Gasteiger partial charge on any atom is 0.259 e. The van der Waals surface area contributed by atoms with Gasteiger partial charge in [-0.2, -0.15) is 0 Å².